The molecule has 0 fully saturated rings. The summed E-state index contributed by atoms with van der Waals surface area (Å²) >= 11 is 0. The summed E-state index contributed by atoms with van der Waals surface area (Å²) in [6.07, 6.45) is 7.44. The van der Waals surface area contributed by atoms with Crippen LogP contribution in [0.2, 0.25) is 0 Å². The minimum Gasteiger partial charge on any atom is -0.387 e. The number of aliphatic hydroxyl groups excluding tert-OH is 1. The van der Waals surface area contributed by atoms with Crippen LogP contribution in [0, 0.1) is 0 Å². The van der Waals surface area contributed by atoms with Gasteiger partial charge in [-0.2, -0.15) is 5.10 Å². The zero-order valence-corrected chi connectivity index (χ0v) is 10.7. The molecule has 2 rings (SSSR count). The Bertz CT molecular complexity index is 467. The fraction of sp³-hybridized carbons (Fsp3) is 0.429. The van der Waals surface area contributed by atoms with Crippen molar-refractivity contribution in [3.05, 3.63) is 48.0 Å². The average Bonchev–Trinajstić information content (AvgIpc) is 2.86. The standard InChI is InChI=1S/C14H19N3O/c1-2-11-17-13(7-10-16-17)14(18)4-3-12-5-8-15-9-6-12/h5-10,14,18H,2-4,11H2,1H3. The predicted molar refractivity (Wildman–Crippen MR) is 70.0 cm³/mol. The highest BCUT2D eigenvalue weighted by Crippen LogP contribution is 2.18. The zero-order valence-electron chi connectivity index (χ0n) is 10.7. The van der Waals surface area contributed by atoms with Crippen LogP contribution in [-0.4, -0.2) is 19.9 Å². The van der Waals surface area contributed by atoms with E-state index in [9.17, 15) is 5.11 Å². The minimum atomic E-state index is -0.452. The van der Waals surface area contributed by atoms with Crippen molar-refractivity contribution in [3.8, 4) is 0 Å². The molecule has 0 aromatic carbocycles. The molecule has 2 aromatic heterocycles. The summed E-state index contributed by atoms with van der Waals surface area (Å²) < 4.78 is 1.89. The molecule has 0 saturated heterocycles. The van der Waals surface area contributed by atoms with E-state index < -0.39 is 6.10 Å². The Hall–Kier alpha value is -1.68. The third-order valence-corrected chi connectivity index (χ3v) is 2.98. The number of aryl methyl sites for hydroxylation is 2. The van der Waals surface area contributed by atoms with E-state index in [2.05, 4.69) is 17.0 Å². The lowest BCUT2D eigenvalue weighted by atomic mass is 10.1. The molecule has 4 nitrogen and oxygen atoms in total. The number of nitrogens with zero attached hydrogens (tertiary/aromatic N) is 3. The van der Waals surface area contributed by atoms with Crippen molar-refractivity contribution >= 4 is 0 Å². The highest BCUT2D eigenvalue weighted by molar-refractivity contribution is 5.11. The van der Waals surface area contributed by atoms with E-state index >= 15 is 0 Å². The molecular formula is C14H19N3O. The summed E-state index contributed by atoms with van der Waals surface area (Å²) in [6, 6.07) is 5.86. The summed E-state index contributed by atoms with van der Waals surface area (Å²) in [7, 11) is 0. The Morgan fingerprint density at radius 3 is 2.72 bits per heavy atom. The SMILES string of the molecule is CCCn1nccc1C(O)CCc1ccncc1. The number of hydrogen-bond acceptors (Lipinski definition) is 3. The van der Waals surface area contributed by atoms with E-state index in [1.165, 1.54) is 5.56 Å². The molecule has 0 saturated carbocycles. The first-order chi connectivity index (χ1) is 8.81. The molecule has 4 heteroatoms. The topological polar surface area (TPSA) is 50.9 Å². The first kappa shape index (κ1) is 12.8. The van der Waals surface area contributed by atoms with Gasteiger partial charge in [0, 0.05) is 25.1 Å². The molecule has 18 heavy (non-hydrogen) atoms. The fourth-order valence-electron chi connectivity index (χ4n) is 2.03. The summed E-state index contributed by atoms with van der Waals surface area (Å²) in [5.41, 5.74) is 2.11. The quantitative estimate of drug-likeness (QED) is 0.850. The summed E-state index contributed by atoms with van der Waals surface area (Å²) in [5, 5.41) is 14.4. The molecule has 2 aromatic rings. The molecule has 0 aliphatic rings. The van der Waals surface area contributed by atoms with Gasteiger partial charge in [-0.3, -0.25) is 9.67 Å². The maximum atomic E-state index is 10.2. The van der Waals surface area contributed by atoms with Gasteiger partial charge in [0.2, 0.25) is 0 Å². The predicted octanol–water partition coefficient (Wildman–Crippen LogP) is 2.35. The van der Waals surface area contributed by atoms with E-state index in [-0.39, 0.29) is 0 Å². The number of aromatic nitrogens is 3. The molecule has 1 N–H and O–H groups in total. The van der Waals surface area contributed by atoms with Crippen LogP contribution in [0.1, 0.15) is 37.1 Å². The number of rotatable bonds is 6. The number of pyridine rings is 1. The fourth-order valence-corrected chi connectivity index (χ4v) is 2.03. The first-order valence-electron chi connectivity index (χ1n) is 6.40. The molecule has 1 unspecified atom stereocenters. The van der Waals surface area contributed by atoms with Gasteiger partial charge in [0.25, 0.3) is 0 Å². The van der Waals surface area contributed by atoms with Crippen molar-refractivity contribution in [2.75, 3.05) is 0 Å². The summed E-state index contributed by atoms with van der Waals surface area (Å²) in [4.78, 5) is 3.98. The molecule has 0 aliphatic carbocycles. The molecule has 1 atom stereocenters. The average molecular weight is 245 g/mol. The van der Waals surface area contributed by atoms with Gasteiger partial charge < -0.3 is 5.11 Å². The van der Waals surface area contributed by atoms with E-state index in [4.69, 9.17) is 0 Å². The van der Waals surface area contributed by atoms with Gasteiger partial charge in [0.05, 0.1) is 11.8 Å². The summed E-state index contributed by atoms with van der Waals surface area (Å²) in [6.45, 7) is 2.96. The Kier molecular flexibility index (Phi) is 4.47. The molecule has 96 valence electrons. The van der Waals surface area contributed by atoms with Crippen molar-refractivity contribution < 1.29 is 5.11 Å². The Morgan fingerprint density at radius 2 is 2.00 bits per heavy atom. The number of hydrogen-bond donors (Lipinski definition) is 1. The van der Waals surface area contributed by atoms with Crippen LogP contribution in [0.4, 0.5) is 0 Å². The van der Waals surface area contributed by atoms with E-state index in [0.717, 1.165) is 25.1 Å². The van der Waals surface area contributed by atoms with E-state index in [0.29, 0.717) is 6.42 Å². The second kappa shape index (κ2) is 6.31. The Morgan fingerprint density at radius 1 is 1.22 bits per heavy atom. The molecule has 0 amide bonds. The van der Waals surface area contributed by atoms with Gasteiger partial charge in [-0.15, -0.1) is 0 Å². The second-order valence-corrected chi connectivity index (χ2v) is 4.39. The maximum absolute atomic E-state index is 10.2. The smallest absolute Gasteiger partial charge is 0.0959 e. The van der Waals surface area contributed by atoms with Crippen LogP contribution >= 0.6 is 0 Å². The van der Waals surface area contributed by atoms with Crippen LogP contribution in [-0.2, 0) is 13.0 Å². The highest BCUT2D eigenvalue weighted by Gasteiger charge is 2.12. The van der Waals surface area contributed by atoms with Gasteiger partial charge in [0.15, 0.2) is 0 Å². The largest absolute Gasteiger partial charge is 0.387 e. The van der Waals surface area contributed by atoms with Gasteiger partial charge in [-0.05, 0) is 43.0 Å². The molecule has 0 radical (unpaired) electrons. The monoisotopic (exact) mass is 245 g/mol. The van der Waals surface area contributed by atoms with Crippen LogP contribution in [0.25, 0.3) is 0 Å². The Labute approximate surface area is 107 Å². The maximum Gasteiger partial charge on any atom is 0.0959 e. The number of aliphatic hydroxyl groups is 1. The minimum absolute atomic E-state index is 0.452. The van der Waals surface area contributed by atoms with Crippen LogP contribution in [0.15, 0.2) is 36.8 Å². The molecule has 2 heterocycles. The van der Waals surface area contributed by atoms with Gasteiger partial charge in [0.1, 0.15) is 0 Å². The lowest BCUT2D eigenvalue weighted by Gasteiger charge is -2.12. The van der Waals surface area contributed by atoms with E-state index in [1.54, 1.807) is 18.6 Å². The zero-order chi connectivity index (χ0) is 12.8. The van der Waals surface area contributed by atoms with Crippen molar-refractivity contribution in [2.45, 2.75) is 38.8 Å². The van der Waals surface area contributed by atoms with E-state index in [1.807, 2.05) is 22.9 Å². The Balaban J connectivity index is 1.95. The van der Waals surface area contributed by atoms with Crippen molar-refractivity contribution in [1.82, 2.24) is 14.8 Å². The van der Waals surface area contributed by atoms with Crippen molar-refractivity contribution in [1.29, 1.82) is 0 Å². The molecule has 0 aliphatic heterocycles. The lowest BCUT2D eigenvalue weighted by molar-refractivity contribution is 0.156. The third kappa shape index (κ3) is 3.17. The normalized spacial score (nSPS) is 12.6. The van der Waals surface area contributed by atoms with Crippen LogP contribution in [0.3, 0.4) is 0 Å². The van der Waals surface area contributed by atoms with Crippen molar-refractivity contribution in [3.63, 3.8) is 0 Å². The lowest BCUT2D eigenvalue weighted by Crippen LogP contribution is -2.09. The third-order valence-electron chi connectivity index (χ3n) is 2.98. The first-order valence-corrected chi connectivity index (χ1v) is 6.40. The molecule has 0 spiro atoms. The second-order valence-electron chi connectivity index (χ2n) is 4.39. The van der Waals surface area contributed by atoms with Gasteiger partial charge >= 0.3 is 0 Å². The van der Waals surface area contributed by atoms with Crippen LogP contribution in [0.5, 0.6) is 0 Å². The van der Waals surface area contributed by atoms with Crippen LogP contribution < -0.4 is 0 Å². The van der Waals surface area contributed by atoms with Crippen molar-refractivity contribution in [2.24, 2.45) is 0 Å². The molecular weight excluding hydrogens is 226 g/mol. The highest BCUT2D eigenvalue weighted by atomic mass is 16.3. The van der Waals surface area contributed by atoms with Gasteiger partial charge in [-0.25, -0.2) is 0 Å². The molecule has 0 bridgehead atoms. The summed E-state index contributed by atoms with van der Waals surface area (Å²) in [5.74, 6) is 0. The van der Waals surface area contributed by atoms with Gasteiger partial charge in [-0.1, -0.05) is 6.92 Å².